The van der Waals surface area contributed by atoms with Gasteiger partial charge in [-0.1, -0.05) is 6.92 Å². The van der Waals surface area contributed by atoms with Crippen molar-refractivity contribution in [1.29, 1.82) is 0 Å². The molecule has 106 valence electrons. The number of hydrogen-bond acceptors (Lipinski definition) is 5. The fraction of sp³-hybridized carbons (Fsp3) is 0.462. The lowest BCUT2D eigenvalue weighted by Crippen LogP contribution is -2.44. The van der Waals surface area contributed by atoms with Crippen molar-refractivity contribution in [1.82, 2.24) is 19.7 Å². The maximum absolute atomic E-state index is 5.86. The highest BCUT2D eigenvalue weighted by Gasteiger charge is 2.34. The average Bonchev–Trinajstić information content (AvgIpc) is 2.81. The second-order valence-corrected chi connectivity index (χ2v) is 5.69. The Labute approximate surface area is 121 Å². The zero-order valence-corrected chi connectivity index (χ0v) is 12.1. The van der Waals surface area contributed by atoms with Crippen molar-refractivity contribution in [2.45, 2.75) is 6.92 Å². The van der Waals surface area contributed by atoms with Crippen molar-refractivity contribution in [2.24, 2.45) is 12.5 Å². The molecule has 0 N–H and O–H groups in total. The fourth-order valence-corrected chi connectivity index (χ4v) is 2.12. The van der Waals surface area contributed by atoms with Crippen molar-refractivity contribution in [3.8, 4) is 17.0 Å². The first-order valence-electron chi connectivity index (χ1n) is 6.28. The SMILES string of the molecule is Cn1cc(-c2cnc(Cl)nc2OCC2(C)COC2)cn1. The zero-order chi connectivity index (χ0) is 14.2. The summed E-state index contributed by atoms with van der Waals surface area (Å²) in [5.74, 6) is 0.478. The minimum Gasteiger partial charge on any atom is -0.476 e. The molecule has 3 rings (SSSR count). The molecule has 0 atom stereocenters. The largest absolute Gasteiger partial charge is 0.476 e. The Kier molecular flexibility index (Phi) is 3.35. The number of rotatable bonds is 4. The first-order valence-corrected chi connectivity index (χ1v) is 6.66. The molecule has 0 aliphatic carbocycles. The molecular weight excluding hydrogens is 280 g/mol. The van der Waals surface area contributed by atoms with Gasteiger partial charge < -0.3 is 9.47 Å². The van der Waals surface area contributed by atoms with E-state index in [2.05, 4.69) is 22.0 Å². The third kappa shape index (κ3) is 2.62. The minimum absolute atomic E-state index is 0.0453. The third-order valence-corrected chi connectivity index (χ3v) is 3.38. The molecule has 1 aliphatic heterocycles. The molecule has 20 heavy (non-hydrogen) atoms. The molecule has 6 nitrogen and oxygen atoms in total. The van der Waals surface area contributed by atoms with Crippen LogP contribution in [0.15, 0.2) is 18.6 Å². The standard InChI is InChI=1S/C13H15ClN4O2/c1-13(6-19-7-13)8-20-11-10(4-15-12(14)17-11)9-3-16-18(2)5-9/h3-5H,6-8H2,1-2H3. The predicted octanol–water partition coefficient (Wildman–Crippen LogP) is 1.95. The molecule has 1 aliphatic rings. The van der Waals surface area contributed by atoms with Crippen molar-refractivity contribution in [3.63, 3.8) is 0 Å². The van der Waals surface area contributed by atoms with Gasteiger partial charge in [-0.15, -0.1) is 0 Å². The monoisotopic (exact) mass is 294 g/mol. The van der Waals surface area contributed by atoms with Crippen LogP contribution in [0.3, 0.4) is 0 Å². The van der Waals surface area contributed by atoms with Crippen molar-refractivity contribution in [3.05, 3.63) is 23.9 Å². The molecule has 0 amide bonds. The Bertz CT molecular complexity index is 625. The molecular formula is C13H15ClN4O2. The molecule has 0 aromatic carbocycles. The van der Waals surface area contributed by atoms with Crippen LogP contribution in [0, 0.1) is 5.41 Å². The predicted molar refractivity (Wildman–Crippen MR) is 73.7 cm³/mol. The molecule has 0 saturated carbocycles. The van der Waals surface area contributed by atoms with Crippen LogP contribution in [0.1, 0.15) is 6.92 Å². The van der Waals surface area contributed by atoms with Gasteiger partial charge in [0.05, 0.1) is 31.6 Å². The van der Waals surface area contributed by atoms with Gasteiger partial charge in [0.15, 0.2) is 0 Å². The van der Waals surface area contributed by atoms with Gasteiger partial charge in [0.2, 0.25) is 11.2 Å². The summed E-state index contributed by atoms with van der Waals surface area (Å²) in [6.07, 6.45) is 5.28. The molecule has 2 aromatic rings. The number of nitrogens with zero attached hydrogens (tertiary/aromatic N) is 4. The van der Waals surface area contributed by atoms with Gasteiger partial charge in [-0.05, 0) is 11.6 Å². The van der Waals surface area contributed by atoms with E-state index in [1.54, 1.807) is 17.1 Å². The van der Waals surface area contributed by atoms with Crippen LogP contribution < -0.4 is 4.74 Å². The van der Waals surface area contributed by atoms with Gasteiger partial charge in [0.25, 0.3) is 0 Å². The van der Waals surface area contributed by atoms with Crippen LogP contribution in [0.5, 0.6) is 5.88 Å². The summed E-state index contributed by atoms with van der Waals surface area (Å²) in [5, 5.41) is 4.31. The summed E-state index contributed by atoms with van der Waals surface area (Å²) in [5.41, 5.74) is 1.73. The van der Waals surface area contributed by atoms with E-state index < -0.39 is 0 Å². The Morgan fingerprint density at radius 3 is 2.85 bits per heavy atom. The van der Waals surface area contributed by atoms with Gasteiger partial charge in [0.1, 0.15) is 0 Å². The lowest BCUT2D eigenvalue weighted by atomic mass is 9.90. The molecule has 1 fully saturated rings. The second kappa shape index (κ2) is 5.03. The van der Waals surface area contributed by atoms with Crippen LogP contribution in [-0.2, 0) is 11.8 Å². The van der Waals surface area contributed by atoms with E-state index in [1.165, 1.54) is 0 Å². The number of aryl methyl sites for hydroxylation is 1. The Balaban J connectivity index is 1.86. The first-order chi connectivity index (χ1) is 9.56. The molecule has 3 heterocycles. The minimum atomic E-state index is 0.0453. The van der Waals surface area contributed by atoms with E-state index in [4.69, 9.17) is 21.1 Å². The lowest BCUT2D eigenvalue weighted by Gasteiger charge is -2.37. The normalized spacial score (nSPS) is 16.8. The highest BCUT2D eigenvalue weighted by molar-refractivity contribution is 6.28. The van der Waals surface area contributed by atoms with E-state index >= 15 is 0 Å². The van der Waals surface area contributed by atoms with E-state index in [0.29, 0.717) is 25.7 Å². The van der Waals surface area contributed by atoms with Gasteiger partial charge in [-0.2, -0.15) is 10.1 Å². The van der Waals surface area contributed by atoms with Crippen molar-refractivity contribution < 1.29 is 9.47 Å². The molecule has 2 aromatic heterocycles. The number of hydrogen-bond donors (Lipinski definition) is 0. The molecule has 7 heteroatoms. The smallest absolute Gasteiger partial charge is 0.225 e. The van der Waals surface area contributed by atoms with Crippen molar-refractivity contribution >= 4 is 11.6 Å². The topological polar surface area (TPSA) is 62.1 Å². The fourth-order valence-electron chi connectivity index (χ4n) is 1.99. The van der Waals surface area contributed by atoms with Crippen LogP contribution in [0.2, 0.25) is 5.28 Å². The summed E-state index contributed by atoms with van der Waals surface area (Å²) in [4.78, 5) is 8.19. The zero-order valence-electron chi connectivity index (χ0n) is 11.3. The van der Waals surface area contributed by atoms with Crippen LogP contribution in [-0.4, -0.2) is 39.6 Å². The number of halogens is 1. The van der Waals surface area contributed by atoms with Crippen LogP contribution >= 0.6 is 11.6 Å². The summed E-state index contributed by atoms with van der Waals surface area (Å²) in [6, 6.07) is 0. The quantitative estimate of drug-likeness (QED) is 0.807. The maximum Gasteiger partial charge on any atom is 0.225 e. The summed E-state index contributed by atoms with van der Waals surface area (Å²) in [7, 11) is 1.85. The number of aromatic nitrogens is 4. The van der Waals surface area contributed by atoms with Gasteiger partial charge >= 0.3 is 0 Å². The third-order valence-electron chi connectivity index (χ3n) is 3.20. The van der Waals surface area contributed by atoms with Gasteiger partial charge in [0, 0.05) is 30.4 Å². The molecule has 0 radical (unpaired) electrons. The Morgan fingerprint density at radius 1 is 1.45 bits per heavy atom. The average molecular weight is 295 g/mol. The van der Waals surface area contributed by atoms with E-state index in [-0.39, 0.29) is 10.7 Å². The van der Waals surface area contributed by atoms with Gasteiger partial charge in [-0.3, -0.25) is 4.68 Å². The molecule has 0 unspecified atom stereocenters. The summed E-state index contributed by atoms with van der Waals surface area (Å²) in [6.45, 7) is 4.05. The van der Waals surface area contributed by atoms with E-state index in [1.807, 2.05) is 13.2 Å². The summed E-state index contributed by atoms with van der Waals surface area (Å²) >= 11 is 5.86. The van der Waals surface area contributed by atoms with Crippen molar-refractivity contribution in [2.75, 3.05) is 19.8 Å². The Morgan fingerprint density at radius 2 is 2.25 bits per heavy atom. The highest BCUT2D eigenvalue weighted by atomic mass is 35.5. The Hall–Kier alpha value is -1.66. The molecule has 0 bridgehead atoms. The van der Waals surface area contributed by atoms with E-state index in [0.717, 1.165) is 11.1 Å². The van der Waals surface area contributed by atoms with E-state index in [9.17, 15) is 0 Å². The van der Waals surface area contributed by atoms with Gasteiger partial charge in [-0.25, -0.2) is 4.98 Å². The highest BCUT2D eigenvalue weighted by Crippen LogP contribution is 2.31. The molecule has 1 saturated heterocycles. The summed E-state index contributed by atoms with van der Waals surface area (Å²) < 4.78 is 12.8. The lowest BCUT2D eigenvalue weighted by molar-refractivity contribution is -0.120. The first kappa shape index (κ1) is 13.3. The molecule has 0 spiro atoms. The maximum atomic E-state index is 5.86. The van der Waals surface area contributed by atoms with Crippen LogP contribution in [0.25, 0.3) is 11.1 Å². The van der Waals surface area contributed by atoms with Crippen LogP contribution in [0.4, 0.5) is 0 Å². The second-order valence-electron chi connectivity index (χ2n) is 5.35. The number of ether oxygens (including phenoxy) is 2.